The van der Waals surface area contributed by atoms with E-state index in [1.165, 1.54) is 16.1 Å². The number of likely N-dealkylation sites (tertiary alicyclic amines) is 1. The third-order valence-electron chi connectivity index (χ3n) is 5.39. The van der Waals surface area contributed by atoms with Gasteiger partial charge in [0.15, 0.2) is 5.16 Å². The van der Waals surface area contributed by atoms with Gasteiger partial charge in [-0.3, -0.25) is 4.79 Å². The van der Waals surface area contributed by atoms with Crippen molar-refractivity contribution in [1.29, 1.82) is 0 Å². The van der Waals surface area contributed by atoms with Crippen LogP contribution in [0.4, 0.5) is 0 Å². The molecule has 1 unspecified atom stereocenters. The molecule has 160 valence electrons. The predicted molar refractivity (Wildman–Crippen MR) is 117 cm³/mol. The fourth-order valence-corrected chi connectivity index (χ4v) is 6.31. The first-order valence-electron chi connectivity index (χ1n) is 10.3. The summed E-state index contributed by atoms with van der Waals surface area (Å²) in [6.07, 6.45) is 2.14. The number of fused-ring (bicyclic) bond motifs is 1. The van der Waals surface area contributed by atoms with E-state index in [-0.39, 0.29) is 16.1 Å². The molecule has 2 aromatic rings. The van der Waals surface area contributed by atoms with E-state index in [4.69, 9.17) is 0 Å². The molecule has 1 aliphatic heterocycles. The molecule has 0 spiro atoms. The van der Waals surface area contributed by atoms with Crippen LogP contribution < -0.4 is 0 Å². The molecule has 9 heteroatoms. The van der Waals surface area contributed by atoms with Crippen molar-refractivity contribution in [1.82, 2.24) is 18.8 Å². The average Bonchev–Trinajstić information content (AvgIpc) is 3.35. The molecule has 1 amide bonds. The molecule has 1 fully saturated rings. The first kappa shape index (κ1) is 22.1. The maximum absolute atomic E-state index is 12.8. The Bertz CT molecular complexity index is 977. The van der Waals surface area contributed by atoms with Gasteiger partial charge in [-0.25, -0.2) is 13.4 Å². The first-order valence-corrected chi connectivity index (χ1v) is 12.6. The predicted octanol–water partition coefficient (Wildman–Crippen LogP) is 3.19. The second-order valence-corrected chi connectivity index (χ2v) is 10.4. The molecule has 1 atom stereocenters. The van der Waals surface area contributed by atoms with Crippen LogP contribution in [0.5, 0.6) is 0 Å². The minimum Gasteiger partial charge on any atom is -0.342 e. The lowest BCUT2D eigenvalue weighted by molar-refractivity contribution is -0.129. The van der Waals surface area contributed by atoms with Gasteiger partial charge >= 0.3 is 0 Å². The van der Waals surface area contributed by atoms with Gasteiger partial charge in [-0.1, -0.05) is 25.6 Å². The molecule has 0 bridgehead atoms. The van der Waals surface area contributed by atoms with Crippen molar-refractivity contribution in [2.75, 3.05) is 26.2 Å². The fourth-order valence-electron chi connectivity index (χ4n) is 3.76. The highest BCUT2D eigenvalue weighted by atomic mass is 32.2. The Balaban J connectivity index is 1.92. The van der Waals surface area contributed by atoms with Crippen molar-refractivity contribution >= 4 is 38.7 Å². The summed E-state index contributed by atoms with van der Waals surface area (Å²) in [4.78, 5) is 19.5. The molecule has 2 heterocycles. The largest absolute Gasteiger partial charge is 0.342 e. The summed E-state index contributed by atoms with van der Waals surface area (Å²) in [5.41, 5.74) is 1.53. The monoisotopic (exact) mass is 438 g/mol. The van der Waals surface area contributed by atoms with Crippen LogP contribution in [0.2, 0.25) is 0 Å². The highest BCUT2D eigenvalue weighted by Crippen LogP contribution is 2.30. The third kappa shape index (κ3) is 4.32. The number of thioether (sulfide) groups is 1. The zero-order valence-corrected chi connectivity index (χ0v) is 19.2. The number of rotatable bonds is 8. The van der Waals surface area contributed by atoms with Crippen molar-refractivity contribution in [3.05, 3.63) is 18.2 Å². The highest BCUT2D eigenvalue weighted by Gasteiger charge is 2.27. The summed E-state index contributed by atoms with van der Waals surface area (Å²) >= 11 is 1.44. The Morgan fingerprint density at radius 2 is 1.86 bits per heavy atom. The number of carbonyl (C=O) groups is 1. The van der Waals surface area contributed by atoms with Crippen LogP contribution in [0, 0.1) is 0 Å². The second-order valence-electron chi connectivity index (χ2n) is 7.17. The number of hydrogen-bond acceptors (Lipinski definition) is 5. The van der Waals surface area contributed by atoms with E-state index in [1.54, 1.807) is 12.1 Å². The van der Waals surface area contributed by atoms with E-state index in [1.807, 2.05) is 43.2 Å². The molecular formula is C20H30N4O3S2. The Kier molecular flexibility index (Phi) is 6.90. The molecular weight excluding hydrogens is 408 g/mol. The fraction of sp³-hybridized carbons (Fsp3) is 0.600. The van der Waals surface area contributed by atoms with Crippen LogP contribution in [-0.2, 0) is 21.4 Å². The van der Waals surface area contributed by atoms with E-state index >= 15 is 0 Å². The highest BCUT2D eigenvalue weighted by molar-refractivity contribution is 8.00. The molecule has 1 aliphatic rings. The number of hydrogen-bond donors (Lipinski definition) is 0. The number of nitrogens with zero attached hydrogens (tertiary/aromatic N) is 4. The normalized spacial score (nSPS) is 16.1. The van der Waals surface area contributed by atoms with Gasteiger partial charge in [-0.2, -0.15) is 4.31 Å². The van der Waals surface area contributed by atoms with Gasteiger partial charge in [-0.05, 0) is 44.9 Å². The van der Waals surface area contributed by atoms with Crippen molar-refractivity contribution in [2.45, 2.75) is 62.4 Å². The Labute approximate surface area is 177 Å². The third-order valence-corrected chi connectivity index (χ3v) is 8.52. The quantitative estimate of drug-likeness (QED) is 0.592. The van der Waals surface area contributed by atoms with E-state index in [0.29, 0.717) is 25.2 Å². The molecule has 0 radical (unpaired) electrons. The molecule has 1 aromatic heterocycles. The topological polar surface area (TPSA) is 75.5 Å². The molecule has 29 heavy (non-hydrogen) atoms. The van der Waals surface area contributed by atoms with Gasteiger partial charge in [0.1, 0.15) is 0 Å². The maximum Gasteiger partial charge on any atom is 0.243 e. The summed E-state index contributed by atoms with van der Waals surface area (Å²) in [6.45, 7) is 10.8. The van der Waals surface area contributed by atoms with Crippen molar-refractivity contribution in [3.8, 4) is 0 Å². The minimum atomic E-state index is -3.53. The molecule has 3 rings (SSSR count). The molecule has 0 saturated carbocycles. The summed E-state index contributed by atoms with van der Waals surface area (Å²) in [5, 5.41) is 0.522. The lowest BCUT2D eigenvalue weighted by atomic mass is 10.3. The summed E-state index contributed by atoms with van der Waals surface area (Å²) in [6, 6.07) is 5.11. The molecule has 0 N–H and O–H groups in total. The van der Waals surface area contributed by atoms with Gasteiger partial charge in [0.25, 0.3) is 0 Å². The van der Waals surface area contributed by atoms with Crippen LogP contribution >= 0.6 is 11.8 Å². The van der Waals surface area contributed by atoms with E-state index in [2.05, 4.69) is 4.98 Å². The number of carbonyl (C=O) groups excluding carboxylic acids is 1. The van der Waals surface area contributed by atoms with Crippen molar-refractivity contribution in [3.63, 3.8) is 0 Å². The van der Waals surface area contributed by atoms with Crippen LogP contribution in [-0.4, -0.2) is 64.5 Å². The zero-order valence-electron chi connectivity index (χ0n) is 17.6. The number of sulfonamides is 1. The zero-order chi connectivity index (χ0) is 21.2. The molecule has 7 nitrogen and oxygen atoms in total. The van der Waals surface area contributed by atoms with Gasteiger partial charge in [0, 0.05) is 32.7 Å². The van der Waals surface area contributed by atoms with E-state index in [9.17, 15) is 13.2 Å². The minimum absolute atomic E-state index is 0.145. The molecule has 0 aliphatic carbocycles. The number of imidazole rings is 1. The lowest BCUT2D eigenvalue weighted by Gasteiger charge is -2.19. The average molecular weight is 439 g/mol. The summed E-state index contributed by atoms with van der Waals surface area (Å²) < 4.78 is 29.2. The smallest absolute Gasteiger partial charge is 0.243 e. The SMILES string of the molecule is CCN(CC)S(=O)(=O)c1ccc2c(c1)nc(SC(C)C(=O)N1CCCC1)n2CC. The summed E-state index contributed by atoms with van der Waals surface area (Å²) in [7, 11) is -3.53. The van der Waals surface area contributed by atoms with E-state index in [0.717, 1.165) is 36.6 Å². The second kappa shape index (κ2) is 9.06. The Morgan fingerprint density at radius 3 is 2.45 bits per heavy atom. The molecule has 1 saturated heterocycles. The Hall–Kier alpha value is -1.58. The number of benzene rings is 1. The van der Waals surface area contributed by atoms with Gasteiger partial charge in [0.2, 0.25) is 15.9 Å². The Morgan fingerprint density at radius 1 is 1.21 bits per heavy atom. The number of aryl methyl sites for hydroxylation is 1. The van der Waals surface area contributed by atoms with Crippen LogP contribution in [0.15, 0.2) is 28.3 Å². The van der Waals surface area contributed by atoms with Crippen LogP contribution in [0.3, 0.4) is 0 Å². The van der Waals surface area contributed by atoms with Crippen molar-refractivity contribution < 1.29 is 13.2 Å². The van der Waals surface area contributed by atoms with E-state index < -0.39 is 10.0 Å². The van der Waals surface area contributed by atoms with Gasteiger partial charge < -0.3 is 9.47 Å². The van der Waals surface area contributed by atoms with Gasteiger partial charge in [0.05, 0.1) is 21.2 Å². The number of aromatic nitrogens is 2. The maximum atomic E-state index is 12.8. The summed E-state index contributed by atoms with van der Waals surface area (Å²) in [5.74, 6) is 0.145. The lowest BCUT2D eigenvalue weighted by Crippen LogP contribution is -2.34. The first-order chi connectivity index (χ1) is 13.8. The number of amides is 1. The van der Waals surface area contributed by atoms with Crippen LogP contribution in [0.1, 0.15) is 40.5 Å². The van der Waals surface area contributed by atoms with Gasteiger partial charge in [-0.15, -0.1) is 0 Å². The van der Waals surface area contributed by atoms with Crippen LogP contribution in [0.25, 0.3) is 11.0 Å². The molecule has 1 aromatic carbocycles. The standard InChI is InChI=1S/C20H30N4O3S2/c1-5-23(6-2)29(26,27)16-10-11-18-17(14-16)21-20(24(18)7-3)28-15(4)19(25)22-12-8-9-13-22/h10-11,14-15H,5-9,12-13H2,1-4H3. The van der Waals surface area contributed by atoms with Crippen molar-refractivity contribution in [2.24, 2.45) is 0 Å².